The molecule has 2 aromatic rings. The summed E-state index contributed by atoms with van der Waals surface area (Å²) in [5.74, 6) is -0.860. The van der Waals surface area contributed by atoms with E-state index in [4.69, 9.17) is 0 Å². The molecule has 1 aromatic carbocycles. The second kappa shape index (κ2) is 7.65. The van der Waals surface area contributed by atoms with E-state index in [1.807, 2.05) is 12.3 Å². The summed E-state index contributed by atoms with van der Waals surface area (Å²) in [6.07, 6.45) is 0.162. The average Bonchev–Trinajstić information content (AvgIpc) is 2.91. The van der Waals surface area contributed by atoms with Crippen LogP contribution in [0.4, 0.5) is 10.1 Å². The maximum atomic E-state index is 12.7. The lowest BCUT2D eigenvalue weighted by Gasteiger charge is -2.05. The number of aryl methyl sites for hydroxylation is 1. The molecule has 0 atom stereocenters. The van der Waals surface area contributed by atoms with Crippen molar-refractivity contribution in [3.05, 3.63) is 46.2 Å². The molecule has 7 heteroatoms. The largest absolute Gasteiger partial charge is 0.350 e. The van der Waals surface area contributed by atoms with E-state index in [9.17, 15) is 14.0 Å². The first-order chi connectivity index (χ1) is 10.5. The van der Waals surface area contributed by atoms with Crippen molar-refractivity contribution in [1.29, 1.82) is 0 Å². The summed E-state index contributed by atoms with van der Waals surface area (Å²) in [7, 11) is 0. The van der Waals surface area contributed by atoms with Crippen LogP contribution in [0, 0.1) is 12.7 Å². The van der Waals surface area contributed by atoms with Gasteiger partial charge in [-0.1, -0.05) is 0 Å². The third-order valence-electron chi connectivity index (χ3n) is 2.84. The predicted molar refractivity (Wildman–Crippen MR) is 83.0 cm³/mol. The number of hydrogen-bond acceptors (Lipinski definition) is 4. The number of carbonyl (C=O) groups is 2. The van der Waals surface area contributed by atoms with E-state index in [1.54, 1.807) is 0 Å². The van der Waals surface area contributed by atoms with Crippen LogP contribution in [0.15, 0.2) is 29.6 Å². The number of anilines is 1. The summed E-state index contributed by atoms with van der Waals surface area (Å²) in [5.41, 5.74) is 1.32. The van der Waals surface area contributed by atoms with Gasteiger partial charge in [0.1, 0.15) is 5.82 Å². The van der Waals surface area contributed by atoms with Gasteiger partial charge in [0.2, 0.25) is 11.8 Å². The molecule has 5 nitrogen and oxygen atoms in total. The van der Waals surface area contributed by atoms with Crippen molar-refractivity contribution in [1.82, 2.24) is 10.3 Å². The third-order valence-corrected chi connectivity index (χ3v) is 3.66. The first kappa shape index (κ1) is 16.1. The Labute approximate surface area is 131 Å². The van der Waals surface area contributed by atoms with E-state index in [0.29, 0.717) is 12.2 Å². The van der Waals surface area contributed by atoms with Crippen LogP contribution in [-0.2, 0) is 16.1 Å². The Balaban J connectivity index is 1.69. The first-order valence-electron chi connectivity index (χ1n) is 6.76. The molecular formula is C15H16FN3O2S. The Morgan fingerprint density at radius 3 is 2.50 bits per heavy atom. The molecule has 116 valence electrons. The van der Waals surface area contributed by atoms with Crippen molar-refractivity contribution in [3.63, 3.8) is 0 Å². The number of halogens is 1. The van der Waals surface area contributed by atoms with Crippen LogP contribution in [0.3, 0.4) is 0 Å². The molecule has 0 spiro atoms. The van der Waals surface area contributed by atoms with Gasteiger partial charge in [-0.15, -0.1) is 11.3 Å². The molecule has 0 aliphatic carbocycles. The Morgan fingerprint density at radius 2 is 1.86 bits per heavy atom. The SMILES string of the molecule is Cc1nc(CNC(=O)CCC(=O)Nc2ccc(F)cc2)cs1. The molecule has 0 aliphatic rings. The average molecular weight is 321 g/mol. The molecule has 0 unspecified atom stereocenters. The maximum absolute atomic E-state index is 12.7. The van der Waals surface area contributed by atoms with Crippen LogP contribution in [-0.4, -0.2) is 16.8 Å². The molecule has 0 bridgehead atoms. The topological polar surface area (TPSA) is 71.1 Å². The fourth-order valence-corrected chi connectivity index (χ4v) is 2.36. The minimum absolute atomic E-state index is 0.0688. The second-order valence-corrected chi connectivity index (χ2v) is 5.75. The predicted octanol–water partition coefficient (Wildman–Crippen LogP) is 2.63. The van der Waals surface area contributed by atoms with E-state index in [2.05, 4.69) is 15.6 Å². The quantitative estimate of drug-likeness (QED) is 0.859. The Kier molecular flexibility index (Phi) is 5.60. The standard InChI is InChI=1S/C15H16FN3O2S/c1-10-18-13(9-22-10)8-17-14(20)6-7-15(21)19-12-4-2-11(16)3-5-12/h2-5,9H,6-8H2,1H3,(H,17,20)(H,19,21). The number of aromatic nitrogens is 1. The van der Waals surface area contributed by atoms with Gasteiger partial charge in [-0.2, -0.15) is 0 Å². The summed E-state index contributed by atoms with van der Waals surface area (Å²) >= 11 is 1.52. The molecule has 2 N–H and O–H groups in total. The number of thiazole rings is 1. The van der Waals surface area contributed by atoms with Crippen molar-refractivity contribution in [2.24, 2.45) is 0 Å². The highest BCUT2D eigenvalue weighted by Gasteiger charge is 2.08. The van der Waals surface area contributed by atoms with E-state index in [1.165, 1.54) is 35.6 Å². The van der Waals surface area contributed by atoms with Crippen molar-refractivity contribution in [2.45, 2.75) is 26.3 Å². The second-order valence-electron chi connectivity index (χ2n) is 4.69. The monoisotopic (exact) mass is 321 g/mol. The lowest BCUT2D eigenvalue weighted by Crippen LogP contribution is -2.24. The Bertz CT molecular complexity index is 655. The molecule has 0 aliphatic heterocycles. The minimum Gasteiger partial charge on any atom is -0.350 e. The summed E-state index contributed by atoms with van der Waals surface area (Å²) < 4.78 is 12.7. The minimum atomic E-state index is -0.366. The highest BCUT2D eigenvalue weighted by Crippen LogP contribution is 2.09. The van der Waals surface area contributed by atoms with Crippen molar-refractivity contribution < 1.29 is 14.0 Å². The number of carbonyl (C=O) groups excluding carboxylic acids is 2. The summed E-state index contributed by atoms with van der Waals surface area (Å²) in [6.45, 7) is 2.26. The summed E-state index contributed by atoms with van der Waals surface area (Å²) in [6, 6.07) is 5.46. The van der Waals surface area contributed by atoms with Crippen LogP contribution >= 0.6 is 11.3 Å². The number of hydrogen-bond donors (Lipinski definition) is 2. The molecule has 2 rings (SSSR count). The number of nitrogens with one attached hydrogen (secondary N) is 2. The van der Waals surface area contributed by atoms with Gasteiger partial charge in [0.05, 0.1) is 17.2 Å². The van der Waals surface area contributed by atoms with E-state index in [-0.39, 0.29) is 30.5 Å². The van der Waals surface area contributed by atoms with Gasteiger partial charge in [0.25, 0.3) is 0 Å². The van der Waals surface area contributed by atoms with E-state index < -0.39 is 0 Å². The van der Waals surface area contributed by atoms with Gasteiger partial charge in [-0.25, -0.2) is 9.37 Å². The number of rotatable bonds is 6. The zero-order chi connectivity index (χ0) is 15.9. The van der Waals surface area contributed by atoms with Gasteiger partial charge < -0.3 is 10.6 Å². The number of benzene rings is 1. The fourth-order valence-electron chi connectivity index (χ4n) is 1.75. The van der Waals surface area contributed by atoms with Gasteiger partial charge in [0.15, 0.2) is 0 Å². The lowest BCUT2D eigenvalue weighted by molar-refractivity contribution is -0.124. The smallest absolute Gasteiger partial charge is 0.224 e. The highest BCUT2D eigenvalue weighted by molar-refractivity contribution is 7.09. The van der Waals surface area contributed by atoms with Gasteiger partial charge >= 0.3 is 0 Å². The Hall–Kier alpha value is -2.28. The highest BCUT2D eigenvalue weighted by atomic mass is 32.1. The van der Waals surface area contributed by atoms with Gasteiger partial charge in [-0.05, 0) is 31.2 Å². The van der Waals surface area contributed by atoms with Crippen molar-refractivity contribution in [3.8, 4) is 0 Å². The molecule has 0 saturated heterocycles. The van der Waals surface area contributed by atoms with Crippen LogP contribution in [0.5, 0.6) is 0 Å². The molecule has 1 aromatic heterocycles. The third kappa shape index (κ3) is 5.25. The number of amides is 2. The fraction of sp³-hybridized carbons (Fsp3) is 0.267. The van der Waals surface area contributed by atoms with Crippen molar-refractivity contribution in [2.75, 3.05) is 5.32 Å². The summed E-state index contributed by atoms with van der Waals surface area (Å²) in [4.78, 5) is 27.6. The molecule has 0 radical (unpaired) electrons. The van der Waals surface area contributed by atoms with Gasteiger partial charge in [-0.3, -0.25) is 9.59 Å². The molecule has 22 heavy (non-hydrogen) atoms. The van der Waals surface area contributed by atoms with Crippen molar-refractivity contribution >= 4 is 28.8 Å². The lowest BCUT2D eigenvalue weighted by atomic mass is 10.2. The van der Waals surface area contributed by atoms with Crippen LogP contribution in [0.2, 0.25) is 0 Å². The van der Waals surface area contributed by atoms with Crippen LogP contribution < -0.4 is 10.6 Å². The zero-order valence-corrected chi connectivity index (χ0v) is 12.9. The van der Waals surface area contributed by atoms with Crippen LogP contribution in [0.25, 0.3) is 0 Å². The molecule has 1 heterocycles. The van der Waals surface area contributed by atoms with E-state index in [0.717, 1.165) is 10.7 Å². The van der Waals surface area contributed by atoms with Crippen LogP contribution in [0.1, 0.15) is 23.5 Å². The zero-order valence-electron chi connectivity index (χ0n) is 12.1. The first-order valence-corrected chi connectivity index (χ1v) is 7.64. The number of nitrogens with zero attached hydrogens (tertiary/aromatic N) is 1. The maximum Gasteiger partial charge on any atom is 0.224 e. The molecule has 0 fully saturated rings. The van der Waals surface area contributed by atoms with E-state index >= 15 is 0 Å². The Morgan fingerprint density at radius 1 is 1.18 bits per heavy atom. The molecular weight excluding hydrogens is 305 g/mol. The summed E-state index contributed by atoms with van der Waals surface area (Å²) in [5, 5.41) is 8.15. The van der Waals surface area contributed by atoms with Gasteiger partial charge in [0, 0.05) is 23.9 Å². The normalized spacial score (nSPS) is 10.3. The molecule has 0 saturated carbocycles. The molecule has 2 amide bonds.